The molecule has 0 atom stereocenters. The summed E-state index contributed by atoms with van der Waals surface area (Å²) in [7, 11) is 0. The van der Waals surface area contributed by atoms with E-state index >= 15 is 0 Å². The van der Waals surface area contributed by atoms with Gasteiger partial charge in [-0.15, -0.1) is 11.3 Å². The summed E-state index contributed by atoms with van der Waals surface area (Å²) in [4.78, 5) is 12.1. The van der Waals surface area contributed by atoms with Gasteiger partial charge in [-0.1, -0.05) is 13.8 Å². The van der Waals surface area contributed by atoms with Gasteiger partial charge in [0, 0.05) is 5.56 Å². The van der Waals surface area contributed by atoms with Crippen LogP contribution in [0.15, 0.2) is 13.6 Å². The number of halogens is 2. The molecule has 0 radical (unpaired) electrons. The number of Topliss-reactive ketones (excluding diaryl/α,β-unsaturated/α-hetero) is 1. The van der Waals surface area contributed by atoms with E-state index in [1.807, 2.05) is 6.07 Å². The van der Waals surface area contributed by atoms with Crippen LogP contribution in [0.25, 0.3) is 0 Å². The summed E-state index contributed by atoms with van der Waals surface area (Å²) in [6.07, 6.45) is 4.74. The van der Waals surface area contributed by atoms with Crippen LogP contribution in [0, 0.1) is 5.41 Å². The van der Waals surface area contributed by atoms with E-state index in [2.05, 4.69) is 45.7 Å². The Kier molecular flexibility index (Phi) is 5.26. The van der Waals surface area contributed by atoms with Crippen LogP contribution in [0.5, 0.6) is 0 Å². The van der Waals surface area contributed by atoms with Crippen molar-refractivity contribution in [2.75, 3.05) is 6.61 Å². The first-order valence-corrected chi connectivity index (χ1v) is 8.87. The second-order valence-electron chi connectivity index (χ2n) is 5.84. The largest absolute Gasteiger partial charge is 0.370 e. The summed E-state index contributed by atoms with van der Waals surface area (Å²) >= 11 is 8.31. The Hall–Kier alpha value is 0.290. The fraction of sp³-hybridized carbons (Fsp3) is 0.643. The van der Waals surface area contributed by atoms with Crippen molar-refractivity contribution in [2.45, 2.75) is 45.6 Å². The number of ketones is 1. The Morgan fingerprint density at radius 2 is 2.05 bits per heavy atom. The van der Waals surface area contributed by atoms with Gasteiger partial charge in [-0.25, -0.2) is 0 Å². The molecule has 1 heterocycles. The lowest BCUT2D eigenvalue weighted by Gasteiger charge is -2.34. The molecule has 5 heteroatoms. The zero-order valence-corrected chi connectivity index (χ0v) is 15.2. The lowest BCUT2D eigenvalue weighted by atomic mass is 9.76. The van der Waals surface area contributed by atoms with Crippen LogP contribution >= 0.6 is 43.2 Å². The van der Waals surface area contributed by atoms with Crippen molar-refractivity contribution in [2.24, 2.45) is 5.41 Å². The Balaban J connectivity index is 1.83. The van der Waals surface area contributed by atoms with Gasteiger partial charge in [-0.3, -0.25) is 4.79 Å². The first-order valence-electron chi connectivity index (χ1n) is 6.47. The molecule has 0 N–H and O–H groups in total. The van der Waals surface area contributed by atoms with Crippen molar-refractivity contribution in [1.29, 1.82) is 0 Å². The van der Waals surface area contributed by atoms with E-state index in [-0.39, 0.29) is 18.5 Å². The molecule has 0 unspecified atom stereocenters. The van der Waals surface area contributed by atoms with Crippen LogP contribution in [-0.4, -0.2) is 18.5 Å². The number of hydrogen-bond acceptors (Lipinski definition) is 3. The first-order chi connectivity index (χ1) is 8.87. The Morgan fingerprint density at radius 3 is 2.58 bits per heavy atom. The van der Waals surface area contributed by atoms with Crippen LogP contribution < -0.4 is 0 Å². The summed E-state index contributed by atoms with van der Waals surface area (Å²) in [5.74, 6) is 0.0543. The van der Waals surface area contributed by atoms with Crippen LogP contribution in [0.3, 0.4) is 0 Å². The maximum atomic E-state index is 12.1. The van der Waals surface area contributed by atoms with E-state index < -0.39 is 0 Å². The van der Waals surface area contributed by atoms with E-state index in [0.717, 1.165) is 20.4 Å². The second-order valence-corrected chi connectivity index (χ2v) is 9.58. The molecule has 19 heavy (non-hydrogen) atoms. The standard InChI is InChI=1S/C14H18Br2O2S/c1-14(2)5-3-9(4-6-14)18-8-11(17)10-7-12(15)19-13(10)16/h7,9H,3-6,8H2,1-2H3. The minimum Gasteiger partial charge on any atom is -0.370 e. The first kappa shape index (κ1) is 15.7. The summed E-state index contributed by atoms with van der Waals surface area (Å²) in [5.41, 5.74) is 1.15. The number of hydrogen-bond donors (Lipinski definition) is 0. The van der Waals surface area contributed by atoms with E-state index in [1.165, 1.54) is 24.2 Å². The average Bonchev–Trinajstić information content (AvgIpc) is 2.67. The lowest BCUT2D eigenvalue weighted by Crippen LogP contribution is -2.28. The van der Waals surface area contributed by atoms with Gasteiger partial charge in [-0.05, 0) is 69.0 Å². The predicted molar refractivity (Wildman–Crippen MR) is 86.0 cm³/mol. The Morgan fingerprint density at radius 1 is 1.42 bits per heavy atom. The molecule has 0 aromatic carbocycles. The maximum absolute atomic E-state index is 12.1. The average molecular weight is 410 g/mol. The molecule has 0 amide bonds. The quantitative estimate of drug-likeness (QED) is 0.618. The molecular formula is C14H18Br2O2S. The molecular weight excluding hydrogens is 392 g/mol. The van der Waals surface area contributed by atoms with E-state index in [4.69, 9.17) is 4.74 Å². The molecule has 1 aliphatic rings. The molecule has 106 valence electrons. The molecule has 0 bridgehead atoms. The normalized spacial score (nSPS) is 19.6. The topological polar surface area (TPSA) is 26.3 Å². The highest BCUT2D eigenvalue weighted by atomic mass is 79.9. The minimum absolute atomic E-state index is 0.0543. The third-order valence-corrected chi connectivity index (χ3v) is 6.03. The molecule has 0 saturated heterocycles. The summed E-state index contributed by atoms with van der Waals surface area (Å²) in [6, 6.07) is 1.85. The minimum atomic E-state index is 0.0543. The highest BCUT2D eigenvalue weighted by Gasteiger charge is 2.27. The zero-order chi connectivity index (χ0) is 14.0. The number of thiophene rings is 1. The molecule has 1 aromatic rings. The van der Waals surface area contributed by atoms with Crippen molar-refractivity contribution in [3.63, 3.8) is 0 Å². The SMILES string of the molecule is CC1(C)CCC(OCC(=O)c2cc(Br)sc2Br)CC1. The molecule has 1 saturated carbocycles. The van der Waals surface area contributed by atoms with Crippen molar-refractivity contribution in [1.82, 2.24) is 0 Å². The van der Waals surface area contributed by atoms with Crippen LogP contribution in [0.2, 0.25) is 0 Å². The molecule has 2 nitrogen and oxygen atoms in total. The third-order valence-electron chi connectivity index (χ3n) is 3.69. The van der Waals surface area contributed by atoms with Gasteiger partial charge in [0.2, 0.25) is 0 Å². The van der Waals surface area contributed by atoms with Gasteiger partial charge < -0.3 is 4.74 Å². The van der Waals surface area contributed by atoms with Crippen molar-refractivity contribution >= 4 is 49.0 Å². The summed E-state index contributed by atoms with van der Waals surface area (Å²) in [5, 5.41) is 0. The van der Waals surface area contributed by atoms with Crippen LogP contribution in [0.1, 0.15) is 49.9 Å². The molecule has 1 aromatic heterocycles. The van der Waals surface area contributed by atoms with Crippen molar-refractivity contribution in [3.8, 4) is 0 Å². The van der Waals surface area contributed by atoms with Crippen LogP contribution in [0.4, 0.5) is 0 Å². The van der Waals surface area contributed by atoms with Crippen molar-refractivity contribution < 1.29 is 9.53 Å². The molecule has 1 fully saturated rings. The molecule has 0 aliphatic heterocycles. The fourth-order valence-corrected chi connectivity index (χ4v) is 5.20. The van der Waals surface area contributed by atoms with Gasteiger partial charge in [0.1, 0.15) is 6.61 Å². The van der Waals surface area contributed by atoms with Gasteiger partial charge in [0.05, 0.1) is 13.7 Å². The molecule has 2 rings (SSSR count). The Bertz CT molecular complexity index is 458. The number of ether oxygens (including phenoxy) is 1. The smallest absolute Gasteiger partial charge is 0.190 e. The highest BCUT2D eigenvalue weighted by molar-refractivity contribution is 9.12. The Labute approximate surface area is 135 Å². The third kappa shape index (κ3) is 4.38. The van der Waals surface area contributed by atoms with E-state index in [0.29, 0.717) is 11.0 Å². The zero-order valence-electron chi connectivity index (χ0n) is 11.2. The van der Waals surface area contributed by atoms with Crippen molar-refractivity contribution in [3.05, 3.63) is 19.2 Å². The lowest BCUT2D eigenvalue weighted by molar-refractivity contribution is 0.00861. The number of rotatable bonds is 4. The van der Waals surface area contributed by atoms with Crippen LogP contribution in [-0.2, 0) is 4.74 Å². The number of carbonyl (C=O) groups excluding carboxylic acids is 1. The van der Waals surface area contributed by atoms with Gasteiger partial charge in [-0.2, -0.15) is 0 Å². The van der Waals surface area contributed by atoms with Gasteiger partial charge >= 0.3 is 0 Å². The summed E-state index contributed by atoms with van der Waals surface area (Å²) < 4.78 is 7.61. The number of carbonyl (C=O) groups is 1. The highest BCUT2D eigenvalue weighted by Crippen LogP contribution is 2.36. The van der Waals surface area contributed by atoms with Gasteiger partial charge in [0.25, 0.3) is 0 Å². The second kappa shape index (κ2) is 6.37. The van der Waals surface area contributed by atoms with E-state index in [9.17, 15) is 4.79 Å². The van der Waals surface area contributed by atoms with Gasteiger partial charge in [0.15, 0.2) is 5.78 Å². The molecule has 0 spiro atoms. The molecule has 1 aliphatic carbocycles. The maximum Gasteiger partial charge on any atom is 0.190 e. The van der Waals surface area contributed by atoms with E-state index in [1.54, 1.807) is 0 Å². The predicted octanol–water partition coefficient (Wildman–Crippen LogP) is 5.44. The monoisotopic (exact) mass is 408 g/mol. The summed E-state index contributed by atoms with van der Waals surface area (Å²) in [6.45, 7) is 4.79. The fourth-order valence-electron chi connectivity index (χ4n) is 2.34.